The summed E-state index contributed by atoms with van der Waals surface area (Å²) in [7, 11) is 0. The van der Waals surface area contributed by atoms with Gasteiger partial charge in [-0.05, 0) is 99.8 Å². The van der Waals surface area contributed by atoms with Crippen LogP contribution in [0.5, 0.6) is 0 Å². The van der Waals surface area contributed by atoms with Crippen LogP contribution in [0.15, 0.2) is 58.7 Å². The van der Waals surface area contributed by atoms with E-state index in [9.17, 15) is 103 Å². The summed E-state index contributed by atoms with van der Waals surface area (Å²) >= 11 is 16.7. The lowest BCUT2D eigenvalue weighted by atomic mass is 9.83. The van der Waals surface area contributed by atoms with Crippen LogP contribution in [0.3, 0.4) is 0 Å². The molecule has 6 heterocycles. The molecule has 12 N–H and O–H groups in total. The number of carbonyl (C=O) groups excluding carboxylic acids is 6. The first kappa shape index (κ1) is 113. The van der Waals surface area contributed by atoms with Gasteiger partial charge in [-0.1, -0.05) is 0 Å². The van der Waals surface area contributed by atoms with Crippen molar-refractivity contribution in [2.75, 3.05) is 139 Å². The average molecular weight is 2130 g/mol. The molecule has 6 aliphatic rings. The molecule has 0 aromatic heterocycles. The van der Waals surface area contributed by atoms with Crippen LogP contribution in [-0.2, 0) is 114 Å². The zero-order chi connectivity index (χ0) is 100. The third-order valence-electron chi connectivity index (χ3n) is 19.3. The number of carboxylic acids is 9. The van der Waals surface area contributed by atoms with Crippen LogP contribution in [0.25, 0.3) is 0 Å². The second-order valence-electron chi connectivity index (χ2n) is 34.2. The van der Waals surface area contributed by atoms with E-state index in [0.717, 1.165) is 0 Å². The summed E-state index contributed by atoms with van der Waals surface area (Å²) in [5.41, 5.74) is -3.29. The lowest BCUT2D eigenvalue weighted by molar-refractivity contribution is -0.142. The molecule has 6 aliphatic heterocycles. The van der Waals surface area contributed by atoms with E-state index in [1.54, 1.807) is 0 Å². The first-order chi connectivity index (χ1) is 63.6. The molecule has 51 heteroatoms. The van der Waals surface area contributed by atoms with E-state index < -0.39 is 268 Å². The molecule has 136 heavy (non-hydrogen) atoms. The number of carboxylic acid groups (broad SMARTS) is 9. The number of esters is 3. The highest BCUT2D eigenvalue weighted by molar-refractivity contribution is 8.23. The van der Waals surface area contributed by atoms with Gasteiger partial charge in [-0.25, -0.2) is 14.4 Å². The van der Waals surface area contributed by atoms with Gasteiger partial charge < -0.3 is 119 Å². The Kier molecular flexibility index (Phi) is 40.8. The predicted octanol–water partition coefficient (Wildman–Crippen LogP) is 11.8. The van der Waals surface area contributed by atoms with Crippen LogP contribution in [0, 0.1) is 5.92 Å². The first-order valence-electron chi connectivity index (χ1n) is 42.1. The molecule has 0 saturated carbocycles. The number of nitrogens with one attached hydrogen (secondary N) is 3. The Labute approximate surface area is 833 Å². The molecule has 39 nitrogen and oxygen atoms in total. The number of benzene rings is 3. The summed E-state index contributed by atoms with van der Waals surface area (Å²) in [6.45, 7) is 12.5. The fourth-order valence-electron chi connectivity index (χ4n) is 14.0. The van der Waals surface area contributed by atoms with Crippen LogP contribution in [0.4, 0.5) is 0 Å². The molecule has 751 valence electrons. The van der Waals surface area contributed by atoms with E-state index in [1.807, 2.05) is 83.1 Å². The highest BCUT2D eigenvalue weighted by atomic mass is 32.2. The maximum absolute atomic E-state index is 16.0. The minimum atomic E-state index is -1.78. The summed E-state index contributed by atoms with van der Waals surface area (Å²) in [5, 5.41) is 93.8. The molecular weight excluding hydrogens is 2020 g/mol. The van der Waals surface area contributed by atoms with Crippen molar-refractivity contribution < 1.29 is 175 Å². The highest BCUT2D eigenvalue weighted by Gasteiger charge is 2.55. The van der Waals surface area contributed by atoms with Crippen LogP contribution >= 0.6 is 141 Å². The molecule has 0 spiro atoms. The van der Waals surface area contributed by atoms with Crippen molar-refractivity contribution in [2.24, 2.45) is 0 Å². The minimum absolute atomic E-state index is 0.0764. The second-order valence-corrected chi connectivity index (χ2v) is 55.3. The van der Waals surface area contributed by atoms with Gasteiger partial charge in [0.1, 0.15) is 16.6 Å². The maximum Gasteiger partial charge on any atom is 0.341 e. The molecule has 0 unspecified atom stereocenters. The fourth-order valence-corrected chi connectivity index (χ4v) is 31.7. The number of rotatable bonds is 60. The third kappa shape index (κ3) is 32.3. The Morgan fingerprint density at radius 2 is 0.346 bits per heavy atom. The molecule has 0 saturated heterocycles. The summed E-state index contributed by atoms with van der Waals surface area (Å²) in [6.07, 6.45) is -4.36. The predicted molar refractivity (Wildman–Crippen MR) is 506 cm³/mol. The van der Waals surface area contributed by atoms with Gasteiger partial charge in [0.25, 0.3) is 17.7 Å². The van der Waals surface area contributed by atoms with E-state index in [2.05, 4.69) is 16.0 Å². The van der Waals surface area contributed by atoms with Crippen LogP contribution < -0.4 is 16.0 Å². The SMILES string of the molecule is CC1(C)Sc2c(c(C(=O)OCC(=O)NC(COCCC(=O)O)(COCCC(=O)O)COCCC(=O)O)c3c(c2[C](c2c4c(c(C(=O)OCC(=O)NC(COCCC(=O)O)(COCCC(=O)O)COCCC(=O)O)c5c2SC(C)(C)S5)SC(C)(C)S4)c2c4c(c(C(=O)OCC(=O)NC(COCCC(=O)O)(COCCC(=O)O)COCCC(=O)O)c5c2SC(C)(C)S5)SC(C)(C)S4)SC(C)(C)S3)S1. The molecule has 1 radical (unpaired) electrons. The molecule has 0 aliphatic carbocycles. The largest absolute Gasteiger partial charge is 0.481 e. The fraction of sp³-hybridized carbons (Fsp3) is 0.600. The Hall–Kier alpha value is -6.45. The number of carbonyl (C=O) groups is 15. The standard InChI is InChI=1S/C85H108N3O36S12/c1-77(2)125-62-56(63-69(132-78(3,4)126-63)59(68(62)131-77)74(110)122-31-43(89)86-83(34-113-22-13-46(92)93,35-114-23-14-47(94)95)36-115-24-15-48(96)97)55(57-64-70(133-79(5,6)127-64)60(71-65(57)128-80(7,8)134-71)75(111)123-32-44(90)87-84(37-116-25-16-49(98)99,38-117-26-17-50(100)101)39-118-27-18-51(102)103)58-66-72(135-81(9,10)129-66)61(73-67(58)130-82(11,12)136-73)76(112)124-33-45(91)88-85(40-119-28-19-52(104)105,41-120-29-20-53(106)107)42-121-30-21-54(108)109/h13-42H2,1-12H3,(H,86,89)(H,87,90)(H,88,91)(H,92,93)(H,94,95)(H,96,97)(H,98,99)(H,100,101)(H,102,103)(H,104,105)(H,106,107)(H,108,109). The second kappa shape index (κ2) is 49.0. The normalized spacial score (nSPS) is 16.4. The van der Waals surface area contributed by atoms with Crippen molar-refractivity contribution in [1.29, 1.82) is 0 Å². The van der Waals surface area contributed by atoms with Gasteiger partial charge in [-0.2, -0.15) is 0 Å². The topological polar surface area (TPSA) is 585 Å². The van der Waals surface area contributed by atoms with Gasteiger partial charge >= 0.3 is 71.6 Å². The van der Waals surface area contributed by atoms with Crippen molar-refractivity contribution >= 4 is 230 Å². The van der Waals surface area contributed by atoms with Gasteiger partial charge in [0, 0.05) is 58.7 Å². The number of hydrogen-bond acceptors (Lipinski definition) is 39. The van der Waals surface area contributed by atoms with Crippen LogP contribution in [0.1, 0.15) is 189 Å². The molecule has 9 rings (SSSR count). The van der Waals surface area contributed by atoms with Gasteiger partial charge in [0.05, 0.1) is 224 Å². The first-order valence-corrected chi connectivity index (χ1v) is 51.9. The number of hydrogen-bond donors (Lipinski definition) is 12. The molecule has 0 atom stereocenters. The summed E-state index contributed by atoms with van der Waals surface area (Å²) in [4.78, 5) is 203. The average Bonchev–Trinajstić information content (AvgIpc) is 1.50. The molecule has 0 bridgehead atoms. The third-order valence-corrected chi connectivity index (χ3v) is 36.3. The van der Waals surface area contributed by atoms with E-state index in [4.69, 9.17) is 56.8 Å². The summed E-state index contributed by atoms with van der Waals surface area (Å²) in [5.74, 6) is -16.2. The zero-order valence-electron chi connectivity index (χ0n) is 76.2. The van der Waals surface area contributed by atoms with E-state index >= 15 is 14.4 Å². The van der Waals surface area contributed by atoms with E-state index in [0.29, 0.717) is 81.4 Å². The Morgan fingerprint density at radius 1 is 0.221 bits per heavy atom. The smallest absolute Gasteiger partial charge is 0.341 e. The summed E-state index contributed by atoms with van der Waals surface area (Å²) in [6, 6.07) is 0. The van der Waals surface area contributed by atoms with Gasteiger partial charge in [0.2, 0.25) is 0 Å². The Bertz CT molecular complexity index is 4280. The highest BCUT2D eigenvalue weighted by Crippen LogP contribution is 2.75. The lowest BCUT2D eigenvalue weighted by Gasteiger charge is -2.34. The molecule has 3 amide bonds. The number of ether oxygens (including phenoxy) is 12. The Morgan fingerprint density at radius 3 is 0.471 bits per heavy atom. The van der Waals surface area contributed by atoms with E-state index in [1.165, 1.54) is 141 Å². The monoisotopic (exact) mass is 2130 g/mol. The minimum Gasteiger partial charge on any atom is -0.481 e. The molecular formula is C85H108N3O36S12. The van der Waals surface area contributed by atoms with E-state index in [-0.39, 0.29) is 76.2 Å². The number of fused-ring (bicyclic) bond motifs is 6. The van der Waals surface area contributed by atoms with Crippen LogP contribution in [-0.4, -0.2) is 315 Å². The van der Waals surface area contributed by atoms with Gasteiger partial charge in [0.15, 0.2) is 19.8 Å². The molecule has 3 aromatic carbocycles. The van der Waals surface area contributed by atoms with Gasteiger partial charge in [-0.15, -0.1) is 141 Å². The molecule has 3 aromatic rings. The number of thioether (sulfide) groups is 12. The Balaban J connectivity index is 1.27. The number of aliphatic carboxylic acids is 9. The quantitative estimate of drug-likeness (QED) is 0.0108. The summed E-state index contributed by atoms with van der Waals surface area (Å²) < 4.78 is 65.3. The van der Waals surface area contributed by atoms with Crippen molar-refractivity contribution in [2.45, 2.75) is 241 Å². The van der Waals surface area contributed by atoms with Crippen molar-refractivity contribution in [3.63, 3.8) is 0 Å². The van der Waals surface area contributed by atoms with Crippen molar-refractivity contribution in [3.05, 3.63) is 39.3 Å². The zero-order valence-corrected chi connectivity index (χ0v) is 86.0. The maximum atomic E-state index is 16.0. The van der Waals surface area contributed by atoms with Gasteiger partial charge in [-0.3, -0.25) is 57.5 Å². The number of amides is 3. The van der Waals surface area contributed by atoms with Crippen molar-refractivity contribution in [1.82, 2.24) is 16.0 Å². The van der Waals surface area contributed by atoms with Crippen LogP contribution in [0.2, 0.25) is 0 Å². The lowest BCUT2D eigenvalue weighted by Crippen LogP contribution is -2.59. The molecule has 0 fully saturated rings. The van der Waals surface area contributed by atoms with Crippen molar-refractivity contribution in [3.8, 4) is 0 Å².